The highest BCUT2D eigenvalue weighted by atomic mass is 15.2. The van der Waals surface area contributed by atoms with Crippen LogP contribution in [0.15, 0.2) is 24.3 Å². The summed E-state index contributed by atoms with van der Waals surface area (Å²) in [6, 6.07) is 9.13. The number of benzene rings is 1. The highest BCUT2D eigenvalue weighted by Crippen LogP contribution is 2.49. The SMILES string of the molecule is CC(C)CN(CC1(c2ccc(N)cc2)CC1)C(C)C. The van der Waals surface area contributed by atoms with Crippen molar-refractivity contribution in [2.75, 3.05) is 18.8 Å². The summed E-state index contributed by atoms with van der Waals surface area (Å²) in [6.45, 7) is 11.6. The summed E-state index contributed by atoms with van der Waals surface area (Å²) in [4.78, 5) is 2.63. The lowest BCUT2D eigenvalue weighted by Crippen LogP contribution is -2.40. The zero-order valence-corrected chi connectivity index (χ0v) is 12.8. The Balaban J connectivity index is 2.09. The van der Waals surface area contributed by atoms with E-state index in [0.717, 1.165) is 11.6 Å². The molecule has 0 heterocycles. The zero-order chi connectivity index (χ0) is 14.0. The van der Waals surface area contributed by atoms with E-state index in [2.05, 4.69) is 44.7 Å². The molecule has 2 N–H and O–H groups in total. The van der Waals surface area contributed by atoms with E-state index >= 15 is 0 Å². The third-order valence-corrected chi connectivity index (χ3v) is 4.21. The second kappa shape index (κ2) is 5.54. The molecular weight excluding hydrogens is 232 g/mol. The molecule has 0 radical (unpaired) electrons. The monoisotopic (exact) mass is 260 g/mol. The van der Waals surface area contributed by atoms with Gasteiger partial charge in [0.1, 0.15) is 0 Å². The first kappa shape index (κ1) is 14.4. The van der Waals surface area contributed by atoms with E-state index in [-0.39, 0.29) is 0 Å². The number of hydrogen-bond acceptors (Lipinski definition) is 2. The number of rotatable bonds is 6. The van der Waals surface area contributed by atoms with Crippen molar-refractivity contribution >= 4 is 5.69 Å². The van der Waals surface area contributed by atoms with Crippen LogP contribution in [-0.2, 0) is 5.41 Å². The third kappa shape index (κ3) is 3.50. The van der Waals surface area contributed by atoms with Crippen molar-refractivity contribution in [1.82, 2.24) is 4.90 Å². The predicted molar refractivity (Wildman–Crippen MR) is 83.3 cm³/mol. The molecule has 0 atom stereocenters. The lowest BCUT2D eigenvalue weighted by Gasteiger charge is -2.32. The quantitative estimate of drug-likeness (QED) is 0.791. The fourth-order valence-corrected chi connectivity index (χ4v) is 2.84. The van der Waals surface area contributed by atoms with E-state index in [4.69, 9.17) is 5.73 Å². The first-order valence-corrected chi connectivity index (χ1v) is 7.53. The van der Waals surface area contributed by atoms with E-state index in [1.54, 1.807) is 0 Å². The van der Waals surface area contributed by atoms with Crippen LogP contribution < -0.4 is 5.73 Å². The Kier molecular flexibility index (Phi) is 4.19. The Morgan fingerprint density at radius 2 is 1.68 bits per heavy atom. The number of nitrogen functional groups attached to an aromatic ring is 1. The van der Waals surface area contributed by atoms with Gasteiger partial charge in [-0.05, 0) is 50.3 Å². The molecule has 106 valence electrons. The molecule has 0 bridgehead atoms. The first-order valence-electron chi connectivity index (χ1n) is 7.53. The van der Waals surface area contributed by atoms with Gasteiger partial charge in [-0.15, -0.1) is 0 Å². The Hall–Kier alpha value is -1.02. The van der Waals surface area contributed by atoms with Crippen LogP contribution in [0.1, 0.15) is 46.1 Å². The van der Waals surface area contributed by atoms with Crippen molar-refractivity contribution in [3.8, 4) is 0 Å². The standard InChI is InChI=1S/C17H28N2/c1-13(2)11-19(14(3)4)12-17(9-10-17)15-5-7-16(18)8-6-15/h5-8,13-14H,9-12,18H2,1-4H3. The molecule has 0 aromatic heterocycles. The highest BCUT2D eigenvalue weighted by molar-refractivity contribution is 5.43. The summed E-state index contributed by atoms with van der Waals surface area (Å²) in [6.07, 6.45) is 2.64. The summed E-state index contributed by atoms with van der Waals surface area (Å²) in [5.74, 6) is 0.726. The minimum absolute atomic E-state index is 0.396. The third-order valence-electron chi connectivity index (χ3n) is 4.21. The van der Waals surface area contributed by atoms with Gasteiger partial charge in [0, 0.05) is 30.2 Å². The average Bonchev–Trinajstić information content (AvgIpc) is 3.09. The second-order valence-electron chi connectivity index (χ2n) is 6.82. The van der Waals surface area contributed by atoms with Crippen LogP contribution in [-0.4, -0.2) is 24.0 Å². The van der Waals surface area contributed by atoms with Crippen molar-refractivity contribution in [3.05, 3.63) is 29.8 Å². The Morgan fingerprint density at radius 3 is 2.11 bits per heavy atom. The van der Waals surface area contributed by atoms with E-state index < -0.39 is 0 Å². The molecule has 2 rings (SSSR count). The van der Waals surface area contributed by atoms with Crippen LogP contribution in [0.5, 0.6) is 0 Å². The Bertz CT molecular complexity index is 402. The smallest absolute Gasteiger partial charge is 0.0314 e. The van der Waals surface area contributed by atoms with Crippen molar-refractivity contribution in [2.45, 2.75) is 52.0 Å². The van der Waals surface area contributed by atoms with E-state index in [1.807, 2.05) is 12.1 Å². The molecule has 0 saturated heterocycles. The molecule has 19 heavy (non-hydrogen) atoms. The molecule has 0 unspecified atom stereocenters. The highest BCUT2D eigenvalue weighted by Gasteiger charge is 2.45. The first-order chi connectivity index (χ1) is 8.93. The predicted octanol–water partition coefficient (Wildman–Crippen LogP) is 3.67. The molecule has 1 aromatic carbocycles. The van der Waals surface area contributed by atoms with Crippen molar-refractivity contribution < 1.29 is 0 Å². The second-order valence-corrected chi connectivity index (χ2v) is 6.82. The van der Waals surface area contributed by atoms with Crippen LogP contribution >= 0.6 is 0 Å². The molecule has 0 spiro atoms. The van der Waals surface area contributed by atoms with Crippen LogP contribution in [0.4, 0.5) is 5.69 Å². The van der Waals surface area contributed by atoms with Gasteiger partial charge >= 0.3 is 0 Å². The van der Waals surface area contributed by atoms with Crippen LogP contribution in [0.3, 0.4) is 0 Å². The lowest BCUT2D eigenvalue weighted by atomic mass is 9.94. The summed E-state index contributed by atoms with van der Waals surface area (Å²) in [5.41, 5.74) is 8.52. The molecule has 1 aliphatic carbocycles. The van der Waals surface area contributed by atoms with Gasteiger partial charge in [-0.1, -0.05) is 26.0 Å². The topological polar surface area (TPSA) is 29.3 Å². The Labute approximate surface area is 118 Å². The fraction of sp³-hybridized carbons (Fsp3) is 0.647. The van der Waals surface area contributed by atoms with Gasteiger partial charge in [0.05, 0.1) is 0 Å². The van der Waals surface area contributed by atoms with Crippen molar-refractivity contribution in [2.24, 2.45) is 5.92 Å². The molecule has 2 heteroatoms. The molecule has 1 aromatic rings. The molecular formula is C17H28N2. The van der Waals surface area contributed by atoms with E-state index in [0.29, 0.717) is 11.5 Å². The minimum Gasteiger partial charge on any atom is -0.399 e. The van der Waals surface area contributed by atoms with Gasteiger partial charge in [-0.25, -0.2) is 0 Å². The maximum absolute atomic E-state index is 5.80. The normalized spacial score (nSPS) is 17.4. The zero-order valence-electron chi connectivity index (χ0n) is 12.8. The Morgan fingerprint density at radius 1 is 1.11 bits per heavy atom. The number of hydrogen-bond donors (Lipinski definition) is 1. The maximum atomic E-state index is 5.80. The molecule has 1 saturated carbocycles. The van der Waals surface area contributed by atoms with Gasteiger partial charge in [0.15, 0.2) is 0 Å². The van der Waals surface area contributed by atoms with Gasteiger partial charge in [-0.2, -0.15) is 0 Å². The summed E-state index contributed by atoms with van der Waals surface area (Å²) >= 11 is 0. The van der Waals surface area contributed by atoms with Crippen LogP contribution in [0.2, 0.25) is 0 Å². The molecule has 0 aliphatic heterocycles. The van der Waals surface area contributed by atoms with E-state index in [1.165, 1.54) is 31.5 Å². The van der Waals surface area contributed by atoms with Gasteiger partial charge in [0.2, 0.25) is 0 Å². The maximum Gasteiger partial charge on any atom is 0.0314 e. The minimum atomic E-state index is 0.396. The summed E-state index contributed by atoms with van der Waals surface area (Å²) in [7, 11) is 0. The van der Waals surface area contributed by atoms with Gasteiger partial charge < -0.3 is 5.73 Å². The largest absolute Gasteiger partial charge is 0.399 e. The van der Waals surface area contributed by atoms with Crippen molar-refractivity contribution in [1.29, 1.82) is 0 Å². The van der Waals surface area contributed by atoms with E-state index in [9.17, 15) is 0 Å². The molecule has 1 aliphatic rings. The number of anilines is 1. The fourth-order valence-electron chi connectivity index (χ4n) is 2.84. The molecule has 1 fully saturated rings. The van der Waals surface area contributed by atoms with Crippen molar-refractivity contribution in [3.63, 3.8) is 0 Å². The van der Waals surface area contributed by atoms with Crippen LogP contribution in [0.25, 0.3) is 0 Å². The number of nitrogens with zero attached hydrogens (tertiary/aromatic N) is 1. The van der Waals surface area contributed by atoms with Crippen LogP contribution in [0, 0.1) is 5.92 Å². The van der Waals surface area contributed by atoms with Gasteiger partial charge in [0.25, 0.3) is 0 Å². The van der Waals surface area contributed by atoms with Gasteiger partial charge in [-0.3, -0.25) is 4.90 Å². The molecule has 2 nitrogen and oxygen atoms in total. The molecule has 0 amide bonds. The summed E-state index contributed by atoms with van der Waals surface area (Å²) < 4.78 is 0. The number of nitrogens with two attached hydrogens (primary N) is 1. The lowest BCUT2D eigenvalue weighted by molar-refractivity contribution is 0.180. The average molecular weight is 260 g/mol. The summed E-state index contributed by atoms with van der Waals surface area (Å²) in [5, 5.41) is 0.